The van der Waals surface area contributed by atoms with Gasteiger partial charge in [-0.3, -0.25) is 9.78 Å². The van der Waals surface area contributed by atoms with Crippen molar-refractivity contribution in [3.05, 3.63) is 52.0 Å². The van der Waals surface area contributed by atoms with E-state index in [1.54, 1.807) is 18.2 Å². The van der Waals surface area contributed by atoms with Gasteiger partial charge in [0.15, 0.2) is 0 Å². The Morgan fingerprint density at radius 1 is 1.38 bits per heavy atom. The highest BCUT2D eigenvalue weighted by Gasteiger charge is 2.13. The van der Waals surface area contributed by atoms with Crippen molar-refractivity contribution in [2.24, 2.45) is 0 Å². The number of hydrogen-bond acceptors (Lipinski definition) is 3. The summed E-state index contributed by atoms with van der Waals surface area (Å²) in [6, 6.07) is 6.24. The van der Waals surface area contributed by atoms with Crippen LogP contribution in [0.3, 0.4) is 0 Å². The van der Waals surface area contributed by atoms with Gasteiger partial charge in [-0.25, -0.2) is 4.39 Å². The number of nitrogens with zero attached hydrogens (tertiary/aromatic N) is 1. The number of amides is 1. The van der Waals surface area contributed by atoms with Gasteiger partial charge in [0.1, 0.15) is 5.82 Å². The molecule has 0 radical (unpaired) electrons. The Labute approximate surface area is 130 Å². The van der Waals surface area contributed by atoms with Crippen LogP contribution in [0.1, 0.15) is 23.0 Å². The second kappa shape index (κ2) is 6.67. The Bertz CT molecular complexity index is 676. The molecule has 0 spiro atoms. The van der Waals surface area contributed by atoms with Gasteiger partial charge in [-0.1, -0.05) is 0 Å². The topological polar surface area (TPSA) is 54.0 Å². The van der Waals surface area contributed by atoms with Gasteiger partial charge in [0.25, 0.3) is 5.91 Å². The molecule has 1 aromatic carbocycles. The van der Waals surface area contributed by atoms with Crippen molar-refractivity contribution in [3.8, 4) is 0 Å². The van der Waals surface area contributed by atoms with E-state index in [9.17, 15) is 9.18 Å². The van der Waals surface area contributed by atoms with Crippen molar-refractivity contribution >= 4 is 33.2 Å². The molecule has 4 nitrogen and oxygen atoms in total. The second-order valence-electron chi connectivity index (χ2n) is 4.48. The molecule has 110 valence electrons. The quantitative estimate of drug-likeness (QED) is 0.875. The lowest BCUT2D eigenvalue weighted by Gasteiger charge is -2.11. The van der Waals surface area contributed by atoms with E-state index >= 15 is 0 Å². The van der Waals surface area contributed by atoms with Crippen LogP contribution in [0.2, 0.25) is 0 Å². The van der Waals surface area contributed by atoms with Crippen molar-refractivity contribution in [1.82, 2.24) is 4.98 Å². The Kier molecular flexibility index (Phi) is 4.90. The fraction of sp³-hybridized carbons (Fsp3) is 0.200. The van der Waals surface area contributed by atoms with Crippen LogP contribution in [0.15, 0.2) is 34.9 Å². The van der Waals surface area contributed by atoms with Gasteiger partial charge in [0, 0.05) is 24.1 Å². The normalized spacial score (nSPS) is 10.3. The van der Waals surface area contributed by atoms with Gasteiger partial charge in [-0.05, 0) is 54.0 Å². The van der Waals surface area contributed by atoms with E-state index in [2.05, 4.69) is 31.5 Å². The van der Waals surface area contributed by atoms with E-state index in [0.29, 0.717) is 28.0 Å². The van der Waals surface area contributed by atoms with E-state index < -0.39 is 5.82 Å². The number of carbonyl (C=O) groups excluding carboxylic acids is 1. The van der Waals surface area contributed by atoms with E-state index in [1.807, 2.05) is 13.8 Å². The zero-order chi connectivity index (χ0) is 15.4. The molecular weight excluding hydrogens is 337 g/mol. The first-order valence-corrected chi connectivity index (χ1v) is 7.27. The molecule has 0 aliphatic rings. The fourth-order valence-corrected chi connectivity index (χ4v) is 2.10. The maximum Gasteiger partial charge on any atom is 0.259 e. The number of carbonyl (C=O) groups is 1. The van der Waals surface area contributed by atoms with E-state index in [0.717, 1.165) is 5.69 Å². The molecule has 2 N–H and O–H groups in total. The first kappa shape index (κ1) is 15.4. The van der Waals surface area contributed by atoms with Gasteiger partial charge < -0.3 is 10.6 Å². The molecule has 0 aliphatic heterocycles. The average molecular weight is 352 g/mol. The number of pyridine rings is 1. The van der Waals surface area contributed by atoms with Crippen molar-refractivity contribution < 1.29 is 9.18 Å². The van der Waals surface area contributed by atoms with E-state index in [4.69, 9.17) is 0 Å². The van der Waals surface area contributed by atoms with Crippen LogP contribution in [0, 0.1) is 12.7 Å². The number of nitrogens with one attached hydrogen (secondary N) is 2. The van der Waals surface area contributed by atoms with E-state index in [-0.39, 0.29) is 5.91 Å². The summed E-state index contributed by atoms with van der Waals surface area (Å²) in [5.74, 6) is -0.762. The summed E-state index contributed by atoms with van der Waals surface area (Å²) in [5.41, 5.74) is 2.34. The summed E-state index contributed by atoms with van der Waals surface area (Å²) < 4.78 is 13.8. The van der Waals surface area contributed by atoms with Crippen molar-refractivity contribution in [2.45, 2.75) is 13.8 Å². The smallest absolute Gasteiger partial charge is 0.259 e. The molecule has 2 rings (SSSR count). The predicted octanol–water partition coefficient (Wildman–Crippen LogP) is 3.98. The minimum absolute atomic E-state index is 0.333. The molecule has 0 atom stereocenters. The highest BCUT2D eigenvalue weighted by Crippen LogP contribution is 2.21. The van der Waals surface area contributed by atoms with Crippen LogP contribution < -0.4 is 10.6 Å². The number of aromatic nitrogens is 1. The van der Waals surface area contributed by atoms with Crippen LogP contribution in [-0.2, 0) is 0 Å². The standard InChI is InChI=1S/C15H15BrFN3O/c1-3-18-14-6-9(2)19-8-11(14)15(21)20-10-4-5-12(16)13(17)7-10/h4-8H,3H2,1-2H3,(H,18,19)(H,20,21). The Morgan fingerprint density at radius 3 is 2.81 bits per heavy atom. The van der Waals surface area contributed by atoms with Crippen LogP contribution in [-0.4, -0.2) is 17.4 Å². The second-order valence-corrected chi connectivity index (χ2v) is 5.34. The van der Waals surface area contributed by atoms with Crippen LogP contribution >= 0.6 is 15.9 Å². The molecule has 6 heteroatoms. The highest BCUT2D eigenvalue weighted by atomic mass is 79.9. The number of anilines is 2. The zero-order valence-corrected chi connectivity index (χ0v) is 13.3. The molecule has 0 bridgehead atoms. The molecule has 1 amide bonds. The summed E-state index contributed by atoms with van der Waals surface area (Å²) in [4.78, 5) is 16.4. The number of benzene rings is 1. The SMILES string of the molecule is CCNc1cc(C)ncc1C(=O)Nc1ccc(Br)c(F)c1. The average Bonchev–Trinajstić information content (AvgIpc) is 2.43. The molecule has 1 heterocycles. The predicted molar refractivity (Wildman–Crippen MR) is 85.2 cm³/mol. The number of halogens is 2. The highest BCUT2D eigenvalue weighted by molar-refractivity contribution is 9.10. The van der Waals surface area contributed by atoms with Crippen molar-refractivity contribution in [3.63, 3.8) is 0 Å². The maximum atomic E-state index is 13.5. The van der Waals surface area contributed by atoms with Crippen molar-refractivity contribution in [2.75, 3.05) is 17.2 Å². The summed E-state index contributed by atoms with van der Waals surface area (Å²) in [5, 5.41) is 5.79. The molecule has 21 heavy (non-hydrogen) atoms. The molecule has 1 aromatic heterocycles. The lowest BCUT2D eigenvalue weighted by Crippen LogP contribution is -2.15. The minimum Gasteiger partial charge on any atom is -0.385 e. The molecule has 0 aliphatic carbocycles. The Morgan fingerprint density at radius 2 is 2.14 bits per heavy atom. The zero-order valence-electron chi connectivity index (χ0n) is 11.7. The summed E-state index contributed by atoms with van der Waals surface area (Å²) >= 11 is 3.07. The lowest BCUT2D eigenvalue weighted by molar-refractivity contribution is 0.102. The van der Waals surface area contributed by atoms with E-state index in [1.165, 1.54) is 12.3 Å². The van der Waals surface area contributed by atoms with Crippen LogP contribution in [0.5, 0.6) is 0 Å². The number of aryl methyl sites for hydroxylation is 1. The molecule has 0 fully saturated rings. The minimum atomic E-state index is -0.429. The molecule has 0 saturated carbocycles. The first-order chi connectivity index (χ1) is 10.0. The van der Waals surface area contributed by atoms with Crippen molar-refractivity contribution in [1.29, 1.82) is 0 Å². The summed E-state index contributed by atoms with van der Waals surface area (Å²) in [7, 11) is 0. The third kappa shape index (κ3) is 3.78. The lowest BCUT2D eigenvalue weighted by atomic mass is 10.2. The van der Waals surface area contributed by atoms with Crippen LogP contribution in [0.4, 0.5) is 15.8 Å². The number of hydrogen-bond donors (Lipinski definition) is 2. The van der Waals surface area contributed by atoms with Gasteiger partial charge >= 0.3 is 0 Å². The van der Waals surface area contributed by atoms with Gasteiger partial charge in [0.05, 0.1) is 15.7 Å². The van der Waals surface area contributed by atoms with Crippen LogP contribution in [0.25, 0.3) is 0 Å². The monoisotopic (exact) mass is 351 g/mol. The maximum absolute atomic E-state index is 13.5. The summed E-state index contributed by atoms with van der Waals surface area (Å²) in [6.45, 7) is 4.49. The first-order valence-electron chi connectivity index (χ1n) is 6.48. The Balaban J connectivity index is 2.25. The fourth-order valence-electron chi connectivity index (χ4n) is 1.85. The number of rotatable bonds is 4. The molecule has 2 aromatic rings. The molecule has 0 unspecified atom stereocenters. The Hall–Kier alpha value is -1.95. The van der Waals surface area contributed by atoms with Gasteiger partial charge in [0.2, 0.25) is 0 Å². The third-order valence-corrected chi connectivity index (χ3v) is 3.47. The van der Waals surface area contributed by atoms with Gasteiger partial charge in [-0.15, -0.1) is 0 Å². The third-order valence-electron chi connectivity index (χ3n) is 2.83. The molecule has 0 saturated heterocycles. The largest absolute Gasteiger partial charge is 0.385 e. The van der Waals surface area contributed by atoms with Gasteiger partial charge in [-0.2, -0.15) is 0 Å². The molecular formula is C15H15BrFN3O. The summed E-state index contributed by atoms with van der Waals surface area (Å²) in [6.07, 6.45) is 1.51.